The summed E-state index contributed by atoms with van der Waals surface area (Å²) in [5, 5.41) is 5.50. The molecule has 142 valence electrons. The van der Waals surface area contributed by atoms with Gasteiger partial charge in [0.2, 0.25) is 5.95 Å². The van der Waals surface area contributed by atoms with Gasteiger partial charge in [-0.1, -0.05) is 6.92 Å². The van der Waals surface area contributed by atoms with Gasteiger partial charge >= 0.3 is 0 Å². The van der Waals surface area contributed by atoms with Crippen LogP contribution in [-0.2, 0) is 7.05 Å². The highest BCUT2D eigenvalue weighted by molar-refractivity contribution is 5.88. The fraction of sp³-hybridized carbons (Fsp3) is 0.722. The number of fused-ring (bicyclic) bond motifs is 1. The molecule has 2 aliphatic heterocycles. The van der Waals surface area contributed by atoms with Crippen LogP contribution in [0, 0.1) is 0 Å². The number of hydrogen-bond acceptors (Lipinski definition) is 7. The van der Waals surface area contributed by atoms with Crippen LogP contribution in [0.15, 0.2) is 6.20 Å². The third-order valence-electron chi connectivity index (χ3n) is 5.56. The van der Waals surface area contributed by atoms with Gasteiger partial charge in [-0.15, -0.1) is 0 Å². The van der Waals surface area contributed by atoms with Gasteiger partial charge in [-0.05, 0) is 20.0 Å². The van der Waals surface area contributed by atoms with Gasteiger partial charge in [0, 0.05) is 59.4 Å². The molecule has 0 aromatic carbocycles. The first-order valence-electron chi connectivity index (χ1n) is 9.76. The van der Waals surface area contributed by atoms with E-state index >= 15 is 0 Å². The number of likely N-dealkylation sites (N-methyl/N-ethyl adjacent to an activating group) is 1. The number of anilines is 2. The van der Waals surface area contributed by atoms with Gasteiger partial charge in [-0.25, -0.2) is 0 Å². The van der Waals surface area contributed by atoms with Crippen molar-refractivity contribution in [2.24, 2.45) is 7.05 Å². The molecule has 2 aliphatic rings. The van der Waals surface area contributed by atoms with E-state index in [1.807, 2.05) is 17.9 Å². The zero-order valence-corrected chi connectivity index (χ0v) is 16.2. The van der Waals surface area contributed by atoms with Crippen LogP contribution in [0.5, 0.6) is 0 Å². The lowest BCUT2D eigenvalue weighted by Crippen LogP contribution is -2.47. The molecule has 4 heterocycles. The predicted octanol–water partition coefficient (Wildman–Crippen LogP) is 0.647. The molecule has 0 saturated carbocycles. The highest BCUT2D eigenvalue weighted by atomic mass is 15.4. The molecule has 0 radical (unpaired) electrons. The van der Waals surface area contributed by atoms with Crippen LogP contribution in [0.3, 0.4) is 0 Å². The number of aromatic nitrogens is 4. The average molecular weight is 358 g/mol. The Morgan fingerprint density at radius 2 is 1.58 bits per heavy atom. The van der Waals surface area contributed by atoms with E-state index in [2.05, 4.69) is 38.7 Å². The van der Waals surface area contributed by atoms with Crippen molar-refractivity contribution in [1.29, 1.82) is 0 Å². The minimum absolute atomic E-state index is 0.853. The van der Waals surface area contributed by atoms with Crippen molar-refractivity contribution in [3.05, 3.63) is 6.20 Å². The number of rotatable bonds is 4. The molecule has 8 heteroatoms. The molecule has 4 rings (SSSR count). The Morgan fingerprint density at radius 1 is 0.885 bits per heavy atom. The van der Waals surface area contributed by atoms with Crippen molar-refractivity contribution in [2.75, 3.05) is 75.8 Å². The normalized spacial score (nSPS) is 20.3. The van der Waals surface area contributed by atoms with E-state index in [1.165, 1.54) is 13.0 Å². The predicted molar refractivity (Wildman–Crippen MR) is 105 cm³/mol. The summed E-state index contributed by atoms with van der Waals surface area (Å²) in [6, 6.07) is 0. The van der Waals surface area contributed by atoms with Crippen LogP contribution in [0.25, 0.3) is 11.0 Å². The monoisotopic (exact) mass is 358 g/mol. The lowest BCUT2D eigenvalue weighted by Gasteiger charge is -2.36. The van der Waals surface area contributed by atoms with Crippen LogP contribution in [0.1, 0.15) is 13.3 Å². The smallest absolute Gasteiger partial charge is 0.229 e. The van der Waals surface area contributed by atoms with Crippen molar-refractivity contribution in [3.63, 3.8) is 0 Å². The van der Waals surface area contributed by atoms with Gasteiger partial charge in [0.15, 0.2) is 5.65 Å². The van der Waals surface area contributed by atoms with Crippen LogP contribution in [-0.4, -0.2) is 95.5 Å². The fourth-order valence-corrected chi connectivity index (χ4v) is 3.88. The first-order valence-corrected chi connectivity index (χ1v) is 9.76. The molecule has 0 amide bonds. The van der Waals surface area contributed by atoms with Crippen molar-refractivity contribution in [1.82, 2.24) is 29.5 Å². The van der Waals surface area contributed by atoms with Crippen LogP contribution >= 0.6 is 0 Å². The van der Waals surface area contributed by atoms with Gasteiger partial charge in [0.05, 0.1) is 11.6 Å². The summed E-state index contributed by atoms with van der Waals surface area (Å²) in [4.78, 5) is 19.5. The molecule has 0 unspecified atom stereocenters. The van der Waals surface area contributed by atoms with Gasteiger partial charge < -0.3 is 14.7 Å². The number of hydrogen-bond donors (Lipinski definition) is 0. The second-order valence-corrected chi connectivity index (χ2v) is 7.47. The fourth-order valence-electron chi connectivity index (χ4n) is 3.88. The largest absolute Gasteiger partial charge is 0.353 e. The van der Waals surface area contributed by atoms with E-state index in [9.17, 15) is 0 Å². The minimum Gasteiger partial charge on any atom is -0.353 e. The zero-order valence-electron chi connectivity index (χ0n) is 16.2. The van der Waals surface area contributed by atoms with E-state index in [-0.39, 0.29) is 0 Å². The Labute approximate surface area is 155 Å². The maximum absolute atomic E-state index is 5.01. The van der Waals surface area contributed by atoms with Crippen LogP contribution in [0.2, 0.25) is 0 Å². The Kier molecular flexibility index (Phi) is 4.95. The first-order chi connectivity index (χ1) is 12.7. The molecular formula is C18H30N8. The van der Waals surface area contributed by atoms with Gasteiger partial charge in [0.25, 0.3) is 0 Å². The highest BCUT2D eigenvalue weighted by Gasteiger charge is 2.24. The summed E-state index contributed by atoms with van der Waals surface area (Å²) in [5.74, 6) is 1.90. The second kappa shape index (κ2) is 7.36. The first kappa shape index (κ1) is 17.5. The van der Waals surface area contributed by atoms with Crippen LogP contribution in [0.4, 0.5) is 11.8 Å². The summed E-state index contributed by atoms with van der Waals surface area (Å²) in [5.41, 5.74) is 0.930. The molecular weight excluding hydrogens is 328 g/mol. The third-order valence-corrected chi connectivity index (χ3v) is 5.56. The Bertz CT molecular complexity index is 741. The SMILES string of the molecule is CCCN1CCN(c2nc(N3CCN(C)CC3)c3cnn(C)c3n2)CC1. The lowest BCUT2D eigenvalue weighted by atomic mass is 10.3. The van der Waals surface area contributed by atoms with Crippen molar-refractivity contribution in [3.8, 4) is 0 Å². The number of aryl methyl sites for hydroxylation is 1. The Morgan fingerprint density at radius 3 is 2.27 bits per heavy atom. The quantitative estimate of drug-likeness (QED) is 0.795. The lowest BCUT2D eigenvalue weighted by molar-refractivity contribution is 0.257. The van der Waals surface area contributed by atoms with E-state index in [0.29, 0.717) is 0 Å². The molecule has 26 heavy (non-hydrogen) atoms. The van der Waals surface area contributed by atoms with E-state index in [4.69, 9.17) is 9.97 Å². The number of nitrogens with zero attached hydrogens (tertiary/aromatic N) is 8. The molecule has 2 aromatic rings. The maximum atomic E-state index is 5.01. The van der Waals surface area contributed by atoms with E-state index in [0.717, 1.165) is 75.2 Å². The topological polar surface area (TPSA) is 56.6 Å². The van der Waals surface area contributed by atoms with Gasteiger partial charge in [0.1, 0.15) is 5.82 Å². The molecule has 0 bridgehead atoms. The molecule has 0 atom stereocenters. The summed E-state index contributed by atoms with van der Waals surface area (Å²) in [7, 11) is 4.14. The van der Waals surface area contributed by atoms with Crippen molar-refractivity contribution < 1.29 is 0 Å². The summed E-state index contributed by atoms with van der Waals surface area (Å²) >= 11 is 0. The van der Waals surface area contributed by atoms with Gasteiger partial charge in [-0.3, -0.25) is 9.58 Å². The molecule has 0 N–H and O–H groups in total. The second-order valence-electron chi connectivity index (χ2n) is 7.47. The molecule has 8 nitrogen and oxygen atoms in total. The molecule has 2 aromatic heterocycles. The average Bonchev–Trinajstić information content (AvgIpc) is 3.04. The molecule has 2 saturated heterocycles. The van der Waals surface area contributed by atoms with Crippen LogP contribution < -0.4 is 9.80 Å². The van der Waals surface area contributed by atoms with Crippen molar-refractivity contribution >= 4 is 22.8 Å². The standard InChI is InChI=1S/C18H30N8/c1-4-5-24-8-12-26(13-9-24)18-20-16-15(14-19-23(16)3)17(21-18)25-10-6-22(2)7-11-25/h14H,4-13H2,1-3H3. The molecule has 0 aliphatic carbocycles. The zero-order chi connectivity index (χ0) is 18.1. The van der Waals surface area contributed by atoms with E-state index in [1.54, 1.807) is 0 Å². The summed E-state index contributed by atoms with van der Waals surface area (Å²) in [6.07, 6.45) is 3.12. The third kappa shape index (κ3) is 3.35. The molecule has 0 spiro atoms. The van der Waals surface area contributed by atoms with Gasteiger partial charge in [-0.2, -0.15) is 15.1 Å². The Hall–Kier alpha value is -1.93. The Balaban J connectivity index is 1.62. The summed E-state index contributed by atoms with van der Waals surface area (Å²) in [6.45, 7) is 11.7. The minimum atomic E-state index is 0.853. The summed E-state index contributed by atoms with van der Waals surface area (Å²) < 4.78 is 1.87. The van der Waals surface area contributed by atoms with E-state index < -0.39 is 0 Å². The maximum Gasteiger partial charge on any atom is 0.229 e. The van der Waals surface area contributed by atoms with Crippen molar-refractivity contribution in [2.45, 2.75) is 13.3 Å². The highest BCUT2D eigenvalue weighted by Crippen LogP contribution is 2.27. The molecule has 2 fully saturated rings. The number of piperazine rings is 2.